The Morgan fingerprint density at radius 3 is 2.66 bits per heavy atom. The van der Waals surface area contributed by atoms with Crippen LogP contribution in [0.5, 0.6) is 5.75 Å². The Kier molecular flexibility index (Phi) is 5.16. The predicted molar refractivity (Wildman–Crippen MR) is 119 cm³/mol. The number of rotatable bonds is 5. The Morgan fingerprint density at radius 1 is 1.09 bits per heavy atom. The number of halogens is 1. The molecule has 0 unspecified atom stereocenters. The number of methoxy groups -OCH3 is 1. The average molecular weight is 432 g/mol. The van der Waals surface area contributed by atoms with Crippen molar-refractivity contribution in [1.29, 1.82) is 0 Å². The van der Waals surface area contributed by atoms with Gasteiger partial charge in [-0.05, 0) is 36.4 Å². The Balaban J connectivity index is 1.62. The molecule has 1 aliphatic heterocycles. The summed E-state index contributed by atoms with van der Waals surface area (Å²) < 4.78 is 23.3. The maximum atomic E-state index is 15.1. The van der Waals surface area contributed by atoms with Crippen LogP contribution in [-0.2, 0) is 0 Å². The highest BCUT2D eigenvalue weighted by atomic mass is 19.1. The molecule has 1 N–H and O–H groups in total. The van der Waals surface area contributed by atoms with Gasteiger partial charge in [-0.2, -0.15) is 10.2 Å². The van der Waals surface area contributed by atoms with E-state index >= 15 is 4.39 Å². The van der Waals surface area contributed by atoms with Gasteiger partial charge in [0.1, 0.15) is 5.69 Å². The molecule has 9 heteroatoms. The van der Waals surface area contributed by atoms with Gasteiger partial charge in [-0.3, -0.25) is 10.1 Å². The van der Waals surface area contributed by atoms with Gasteiger partial charge in [-0.1, -0.05) is 18.2 Å². The Hall–Kier alpha value is -3.98. The first kappa shape index (κ1) is 20.0. The summed E-state index contributed by atoms with van der Waals surface area (Å²) in [5.41, 5.74) is 1.96. The second-order valence-corrected chi connectivity index (χ2v) is 7.34. The minimum absolute atomic E-state index is 0.0584. The first-order valence-corrected chi connectivity index (χ1v) is 10.2. The number of ether oxygens (including phenoxy) is 1. The highest BCUT2D eigenvalue weighted by Gasteiger charge is 2.20. The molecule has 0 bridgehead atoms. The van der Waals surface area contributed by atoms with Crippen LogP contribution in [0.3, 0.4) is 0 Å². The quantitative estimate of drug-likeness (QED) is 0.523. The number of nitrogens with one attached hydrogen (secondary N) is 1. The van der Waals surface area contributed by atoms with E-state index in [9.17, 15) is 4.79 Å². The van der Waals surface area contributed by atoms with Crippen molar-refractivity contribution in [3.8, 4) is 28.5 Å². The van der Waals surface area contributed by atoms with Crippen LogP contribution in [0.4, 0.5) is 10.1 Å². The molecule has 1 fully saturated rings. The molecule has 0 aliphatic carbocycles. The van der Waals surface area contributed by atoms with Crippen LogP contribution in [0.15, 0.2) is 71.8 Å². The number of hydrogen-bond acceptors (Lipinski definition) is 6. The highest BCUT2D eigenvalue weighted by Crippen LogP contribution is 2.24. The van der Waals surface area contributed by atoms with Gasteiger partial charge in [-0.15, -0.1) is 0 Å². The van der Waals surface area contributed by atoms with E-state index in [1.807, 2.05) is 36.4 Å². The van der Waals surface area contributed by atoms with Gasteiger partial charge < -0.3 is 9.64 Å². The van der Waals surface area contributed by atoms with Crippen LogP contribution >= 0.6 is 0 Å². The maximum Gasteiger partial charge on any atom is 0.251 e. The lowest BCUT2D eigenvalue weighted by Gasteiger charge is -2.18. The van der Waals surface area contributed by atoms with Gasteiger partial charge in [0.2, 0.25) is 0 Å². The SMILES string of the molecule is COc1cn(-c2ccc(N3CCNC3)cc2F)nc(-c2ccnn2-c2ccccc2)c1=O. The van der Waals surface area contributed by atoms with E-state index < -0.39 is 11.2 Å². The normalized spacial score (nSPS) is 13.5. The second-order valence-electron chi connectivity index (χ2n) is 7.34. The third-order valence-electron chi connectivity index (χ3n) is 5.40. The van der Waals surface area contributed by atoms with E-state index in [1.165, 1.54) is 24.1 Å². The van der Waals surface area contributed by atoms with E-state index in [2.05, 4.69) is 20.4 Å². The molecule has 0 saturated carbocycles. The summed E-state index contributed by atoms with van der Waals surface area (Å²) in [6.45, 7) is 2.35. The van der Waals surface area contributed by atoms with Crippen molar-refractivity contribution in [3.63, 3.8) is 0 Å². The molecule has 32 heavy (non-hydrogen) atoms. The lowest BCUT2D eigenvalue weighted by molar-refractivity contribution is 0.405. The van der Waals surface area contributed by atoms with Crippen molar-refractivity contribution in [2.45, 2.75) is 0 Å². The van der Waals surface area contributed by atoms with E-state index in [-0.39, 0.29) is 17.1 Å². The zero-order valence-electron chi connectivity index (χ0n) is 17.4. The van der Waals surface area contributed by atoms with Crippen LogP contribution in [0.1, 0.15) is 0 Å². The van der Waals surface area contributed by atoms with E-state index in [0.717, 1.165) is 24.5 Å². The van der Waals surface area contributed by atoms with Crippen molar-refractivity contribution in [3.05, 3.63) is 83.0 Å². The van der Waals surface area contributed by atoms with Gasteiger partial charge in [0.25, 0.3) is 5.43 Å². The molecular weight excluding hydrogens is 411 g/mol. The first-order chi connectivity index (χ1) is 15.7. The molecule has 4 aromatic rings. The fourth-order valence-corrected chi connectivity index (χ4v) is 3.77. The molecule has 1 saturated heterocycles. The Bertz CT molecular complexity index is 1310. The molecule has 162 valence electrons. The molecule has 2 aromatic heterocycles. The van der Waals surface area contributed by atoms with Crippen LogP contribution in [0.25, 0.3) is 22.8 Å². The third kappa shape index (κ3) is 3.52. The summed E-state index contributed by atoms with van der Waals surface area (Å²) in [4.78, 5) is 15.1. The van der Waals surface area contributed by atoms with E-state index in [1.54, 1.807) is 23.0 Å². The van der Waals surface area contributed by atoms with Crippen molar-refractivity contribution in [2.24, 2.45) is 0 Å². The lowest BCUT2D eigenvalue weighted by atomic mass is 10.2. The number of aromatic nitrogens is 4. The monoisotopic (exact) mass is 432 g/mol. The molecule has 3 heterocycles. The number of hydrogen-bond donors (Lipinski definition) is 1. The van der Waals surface area contributed by atoms with E-state index in [0.29, 0.717) is 12.4 Å². The molecule has 5 rings (SSSR count). The molecule has 2 aromatic carbocycles. The summed E-state index contributed by atoms with van der Waals surface area (Å²) in [7, 11) is 1.40. The summed E-state index contributed by atoms with van der Waals surface area (Å²) in [5.74, 6) is -0.391. The predicted octanol–water partition coefficient (Wildman–Crippen LogP) is 2.60. The minimum atomic E-state index is -0.449. The summed E-state index contributed by atoms with van der Waals surface area (Å²) >= 11 is 0. The summed E-state index contributed by atoms with van der Waals surface area (Å²) in [6.07, 6.45) is 2.98. The average Bonchev–Trinajstić information content (AvgIpc) is 3.52. The van der Waals surface area contributed by atoms with Gasteiger partial charge in [0, 0.05) is 18.8 Å². The maximum absolute atomic E-state index is 15.1. The minimum Gasteiger partial charge on any atom is -0.491 e. The molecule has 0 atom stereocenters. The summed E-state index contributed by atoms with van der Waals surface area (Å²) in [5, 5.41) is 12.0. The standard InChI is InChI=1S/C23H21FN6O2/c1-32-21-14-29(19-8-7-17(13-18(19)24)28-12-11-25-15-28)27-22(23(21)31)20-9-10-26-30(20)16-5-3-2-4-6-16/h2-10,13-14,25H,11-12,15H2,1H3. The van der Waals surface area contributed by atoms with Crippen LogP contribution in [0.2, 0.25) is 0 Å². The Morgan fingerprint density at radius 2 is 1.94 bits per heavy atom. The van der Waals surface area contributed by atoms with Crippen LogP contribution in [0, 0.1) is 5.82 Å². The lowest BCUT2D eigenvalue weighted by Crippen LogP contribution is -2.21. The number of para-hydroxylation sites is 1. The number of anilines is 1. The van der Waals surface area contributed by atoms with Crippen molar-refractivity contribution in [1.82, 2.24) is 24.9 Å². The van der Waals surface area contributed by atoms with E-state index in [4.69, 9.17) is 4.74 Å². The first-order valence-electron chi connectivity index (χ1n) is 10.2. The molecular formula is C23H21FN6O2. The van der Waals surface area contributed by atoms with Crippen molar-refractivity contribution in [2.75, 3.05) is 31.8 Å². The topological polar surface area (TPSA) is 77.2 Å². The fourth-order valence-electron chi connectivity index (χ4n) is 3.77. The summed E-state index contributed by atoms with van der Waals surface area (Å²) in [6, 6.07) is 16.1. The van der Waals surface area contributed by atoms with Crippen LogP contribution < -0.4 is 20.4 Å². The smallest absolute Gasteiger partial charge is 0.251 e. The number of benzene rings is 2. The van der Waals surface area contributed by atoms with Crippen molar-refractivity contribution < 1.29 is 9.13 Å². The number of nitrogens with zero attached hydrogens (tertiary/aromatic N) is 5. The zero-order chi connectivity index (χ0) is 22.1. The largest absolute Gasteiger partial charge is 0.491 e. The molecule has 0 spiro atoms. The molecule has 1 aliphatic rings. The van der Waals surface area contributed by atoms with Crippen molar-refractivity contribution >= 4 is 5.69 Å². The van der Waals surface area contributed by atoms with Crippen LogP contribution in [-0.4, -0.2) is 46.4 Å². The van der Waals surface area contributed by atoms with Gasteiger partial charge in [0.15, 0.2) is 17.3 Å². The fraction of sp³-hybridized carbons (Fsp3) is 0.174. The highest BCUT2D eigenvalue weighted by molar-refractivity contribution is 5.59. The second kappa shape index (κ2) is 8.27. The Labute approximate surface area is 183 Å². The van der Waals surface area contributed by atoms with Gasteiger partial charge >= 0.3 is 0 Å². The molecule has 0 amide bonds. The van der Waals surface area contributed by atoms with Gasteiger partial charge in [0.05, 0.1) is 37.6 Å². The van der Waals surface area contributed by atoms with Gasteiger partial charge in [-0.25, -0.2) is 13.8 Å². The zero-order valence-corrected chi connectivity index (χ0v) is 17.4. The third-order valence-corrected chi connectivity index (χ3v) is 5.40. The molecule has 8 nitrogen and oxygen atoms in total. The molecule has 0 radical (unpaired) electrons.